The van der Waals surface area contributed by atoms with E-state index >= 15 is 0 Å². The van der Waals surface area contributed by atoms with Crippen molar-refractivity contribution >= 4 is 28.3 Å². The van der Waals surface area contributed by atoms with Gasteiger partial charge in [-0.15, -0.1) is 0 Å². The molecule has 0 atom stereocenters. The molecule has 2 rings (SSSR count). The minimum Gasteiger partial charge on any atom is -0.428 e. The van der Waals surface area contributed by atoms with Gasteiger partial charge >= 0.3 is 0 Å². The predicted molar refractivity (Wildman–Crippen MR) is 60.4 cm³/mol. The number of halogens is 1. The molecule has 0 radical (unpaired) electrons. The quantitative estimate of drug-likeness (QED) is 0.610. The summed E-state index contributed by atoms with van der Waals surface area (Å²) in [6, 6.07) is 4.50. The van der Waals surface area contributed by atoms with Gasteiger partial charge in [-0.05, 0) is 25.1 Å². The van der Waals surface area contributed by atoms with E-state index in [1.54, 1.807) is 6.07 Å². The first-order valence-electron chi connectivity index (χ1n) is 4.56. The highest BCUT2D eigenvalue weighted by molar-refractivity contribution is 6.31. The molecule has 1 aromatic carbocycles. The van der Waals surface area contributed by atoms with Crippen LogP contribution in [0.2, 0.25) is 5.02 Å². The van der Waals surface area contributed by atoms with E-state index in [9.17, 15) is 14.8 Å². The van der Waals surface area contributed by atoms with E-state index in [1.807, 2.05) is 0 Å². The Morgan fingerprint density at radius 1 is 1.44 bits per heavy atom. The zero-order valence-corrected chi connectivity index (χ0v) is 9.15. The third-order valence-corrected chi connectivity index (χ3v) is 2.56. The van der Waals surface area contributed by atoms with Gasteiger partial charge < -0.3 is 5.21 Å². The van der Waals surface area contributed by atoms with Gasteiger partial charge in [-0.2, -0.15) is 4.73 Å². The maximum Gasteiger partial charge on any atom is 0.200 e. The number of pyridine rings is 1. The van der Waals surface area contributed by atoms with Gasteiger partial charge in [-0.3, -0.25) is 9.59 Å². The van der Waals surface area contributed by atoms with Crippen LogP contribution in [-0.2, 0) is 0 Å². The molecule has 0 aliphatic heterocycles. The third kappa shape index (κ3) is 1.57. The fourth-order valence-electron chi connectivity index (χ4n) is 1.54. The highest BCUT2D eigenvalue weighted by atomic mass is 35.5. The van der Waals surface area contributed by atoms with Crippen molar-refractivity contribution in [2.45, 2.75) is 6.92 Å². The van der Waals surface area contributed by atoms with Crippen LogP contribution in [0.4, 0.5) is 0 Å². The maximum atomic E-state index is 11.9. The van der Waals surface area contributed by atoms with E-state index in [0.29, 0.717) is 10.5 Å². The lowest BCUT2D eigenvalue weighted by Gasteiger charge is -2.05. The number of carbonyl (C=O) groups excluding carboxylic acids is 1. The van der Waals surface area contributed by atoms with E-state index in [2.05, 4.69) is 0 Å². The second kappa shape index (κ2) is 3.64. The summed E-state index contributed by atoms with van der Waals surface area (Å²) in [5, 5.41) is 10.2. The maximum absolute atomic E-state index is 11.9. The number of carbonyl (C=O) groups is 1. The minimum atomic E-state index is -0.421. The Morgan fingerprint density at radius 3 is 2.75 bits per heavy atom. The molecule has 0 aliphatic rings. The first-order valence-corrected chi connectivity index (χ1v) is 4.93. The van der Waals surface area contributed by atoms with Gasteiger partial charge in [0.25, 0.3) is 0 Å². The average Bonchev–Trinajstić information content (AvgIpc) is 2.22. The number of hydrogen-bond acceptors (Lipinski definition) is 3. The Bertz CT molecular complexity index is 645. The third-order valence-electron chi connectivity index (χ3n) is 2.33. The highest BCUT2D eigenvalue weighted by Crippen LogP contribution is 2.16. The van der Waals surface area contributed by atoms with Crippen molar-refractivity contribution in [2.24, 2.45) is 0 Å². The van der Waals surface area contributed by atoms with Crippen LogP contribution in [-0.4, -0.2) is 15.7 Å². The monoisotopic (exact) mass is 237 g/mol. The molecule has 5 heteroatoms. The highest BCUT2D eigenvalue weighted by Gasteiger charge is 2.12. The second-order valence-electron chi connectivity index (χ2n) is 3.43. The molecule has 4 nitrogen and oxygen atoms in total. The van der Waals surface area contributed by atoms with Crippen LogP contribution in [0.5, 0.6) is 0 Å². The van der Waals surface area contributed by atoms with Crippen LogP contribution in [0, 0.1) is 0 Å². The van der Waals surface area contributed by atoms with Gasteiger partial charge in [0.15, 0.2) is 11.2 Å². The van der Waals surface area contributed by atoms with Crippen molar-refractivity contribution in [1.82, 2.24) is 4.73 Å². The van der Waals surface area contributed by atoms with Crippen LogP contribution >= 0.6 is 11.6 Å². The summed E-state index contributed by atoms with van der Waals surface area (Å²) in [7, 11) is 0. The normalized spacial score (nSPS) is 10.6. The largest absolute Gasteiger partial charge is 0.428 e. The molecule has 0 bridgehead atoms. The number of aromatic nitrogens is 1. The number of benzene rings is 1. The van der Waals surface area contributed by atoms with Gasteiger partial charge in [0.05, 0.1) is 22.7 Å². The molecular weight excluding hydrogens is 230 g/mol. The lowest BCUT2D eigenvalue weighted by molar-refractivity contribution is 0.101. The van der Waals surface area contributed by atoms with Crippen molar-refractivity contribution in [3.8, 4) is 0 Å². The van der Waals surface area contributed by atoms with Crippen LogP contribution in [0.15, 0.2) is 29.2 Å². The molecule has 1 aromatic heterocycles. The molecule has 1 N–H and O–H groups in total. The number of hydrogen-bond donors (Lipinski definition) is 1. The number of Topliss-reactive ketones (excluding diaryl/α,β-unsaturated/α-hetero) is 1. The summed E-state index contributed by atoms with van der Waals surface area (Å²) in [6.45, 7) is 1.27. The van der Waals surface area contributed by atoms with Crippen LogP contribution in [0.1, 0.15) is 17.3 Å². The van der Waals surface area contributed by atoms with E-state index < -0.39 is 11.2 Å². The van der Waals surface area contributed by atoms with Crippen LogP contribution < -0.4 is 5.43 Å². The molecule has 2 aromatic rings. The summed E-state index contributed by atoms with van der Waals surface area (Å²) in [5.41, 5.74) is -0.160. The lowest BCUT2D eigenvalue weighted by atomic mass is 10.1. The zero-order chi connectivity index (χ0) is 11.9. The standard InChI is InChI=1S/C11H8ClNO3/c1-6(14)9-5-13(16)10-3-2-7(12)4-8(10)11(9)15/h2-5,16H,1H3. The molecule has 0 aliphatic carbocycles. The molecular formula is C11H8ClNO3. The first kappa shape index (κ1) is 10.7. The Kier molecular flexibility index (Phi) is 2.44. The van der Waals surface area contributed by atoms with E-state index in [4.69, 9.17) is 11.6 Å². The Hall–Kier alpha value is -1.81. The molecule has 0 fully saturated rings. The fourth-order valence-corrected chi connectivity index (χ4v) is 1.71. The first-order chi connectivity index (χ1) is 7.50. The Balaban J connectivity index is 2.98. The molecule has 16 heavy (non-hydrogen) atoms. The number of nitrogens with zero attached hydrogens (tertiary/aromatic N) is 1. The lowest BCUT2D eigenvalue weighted by Crippen LogP contribution is -2.16. The minimum absolute atomic E-state index is 0.0581. The average molecular weight is 238 g/mol. The summed E-state index contributed by atoms with van der Waals surface area (Å²) < 4.78 is 0.754. The van der Waals surface area contributed by atoms with E-state index in [1.165, 1.54) is 19.1 Å². The molecule has 0 unspecified atom stereocenters. The molecule has 0 saturated heterocycles. The summed E-state index contributed by atoms with van der Waals surface area (Å²) >= 11 is 5.76. The molecule has 0 amide bonds. The van der Waals surface area contributed by atoms with Crippen molar-refractivity contribution in [3.05, 3.63) is 45.2 Å². The second-order valence-corrected chi connectivity index (χ2v) is 3.87. The number of ketones is 1. The summed E-state index contributed by atoms with van der Waals surface area (Å²) in [5.74, 6) is -0.394. The summed E-state index contributed by atoms with van der Waals surface area (Å²) in [4.78, 5) is 23.1. The SMILES string of the molecule is CC(=O)c1cn(O)c2ccc(Cl)cc2c1=O. The molecule has 0 spiro atoms. The van der Waals surface area contributed by atoms with E-state index in [-0.39, 0.29) is 10.9 Å². The molecule has 1 heterocycles. The van der Waals surface area contributed by atoms with E-state index in [0.717, 1.165) is 10.9 Å². The number of rotatable bonds is 1. The Labute approximate surface area is 95.6 Å². The Morgan fingerprint density at radius 2 is 2.12 bits per heavy atom. The van der Waals surface area contributed by atoms with Crippen molar-refractivity contribution < 1.29 is 10.0 Å². The van der Waals surface area contributed by atoms with Gasteiger partial charge in [0.2, 0.25) is 0 Å². The van der Waals surface area contributed by atoms with Gasteiger partial charge in [-0.1, -0.05) is 11.6 Å². The predicted octanol–water partition coefficient (Wildman–Crippen LogP) is 2.09. The van der Waals surface area contributed by atoms with Crippen molar-refractivity contribution in [3.63, 3.8) is 0 Å². The van der Waals surface area contributed by atoms with Gasteiger partial charge in [-0.25, -0.2) is 0 Å². The smallest absolute Gasteiger partial charge is 0.200 e. The van der Waals surface area contributed by atoms with Crippen molar-refractivity contribution in [2.75, 3.05) is 0 Å². The van der Waals surface area contributed by atoms with Gasteiger partial charge in [0, 0.05) is 5.02 Å². The fraction of sp³-hybridized carbons (Fsp3) is 0.0909. The van der Waals surface area contributed by atoms with Crippen LogP contribution in [0.25, 0.3) is 10.9 Å². The number of fused-ring (bicyclic) bond motifs is 1. The van der Waals surface area contributed by atoms with Crippen molar-refractivity contribution in [1.29, 1.82) is 0 Å². The molecule has 0 saturated carbocycles. The summed E-state index contributed by atoms with van der Waals surface area (Å²) in [6.07, 6.45) is 1.11. The van der Waals surface area contributed by atoms with Gasteiger partial charge in [0.1, 0.15) is 0 Å². The topological polar surface area (TPSA) is 59.3 Å². The van der Waals surface area contributed by atoms with Crippen LogP contribution in [0.3, 0.4) is 0 Å². The zero-order valence-electron chi connectivity index (χ0n) is 8.40. The molecule has 82 valence electrons.